The summed E-state index contributed by atoms with van der Waals surface area (Å²) < 4.78 is 26.4. The Morgan fingerprint density at radius 2 is 2.22 bits per heavy atom. The molecule has 0 bridgehead atoms. The molecule has 0 saturated carbocycles. The lowest BCUT2D eigenvalue weighted by Crippen LogP contribution is -2.30. The molecule has 1 unspecified atom stereocenters. The molecule has 1 heterocycles. The molecule has 9 heteroatoms. The van der Waals surface area contributed by atoms with Gasteiger partial charge in [-0.3, -0.25) is 5.10 Å². The molecule has 1 aromatic rings. The second-order valence-corrected chi connectivity index (χ2v) is 6.71. The van der Waals surface area contributed by atoms with Crippen LogP contribution in [0.15, 0.2) is 4.90 Å². The molecule has 18 heavy (non-hydrogen) atoms. The van der Waals surface area contributed by atoms with Crippen LogP contribution in [0.5, 0.6) is 0 Å². The van der Waals surface area contributed by atoms with Crippen molar-refractivity contribution in [3.05, 3.63) is 11.4 Å². The van der Waals surface area contributed by atoms with E-state index in [0.717, 1.165) is 0 Å². The standard InChI is InChI=1S/C9H15N3O4S2/c1-5(17-3)4-10-18(15,16)8-6(2)11-12-7(8)9(13)14/h5,10H,4H2,1-3H3,(H,11,12)(H,13,14). The van der Waals surface area contributed by atoms with Gasteiger partial charge in [-0.1, -0.05) is 6.92 Å². The lowest BCUT2D eigenvalue weighted by atomic mass is 10.4. The van der Waals surface area contributed by atoms with Crippen LogP contribution >= 0.6 is 11.8 Å². The molecule has 0 fully saturated rings. The van der Waals surface area contributed by atoms with Gasteiger partial charge in [-0.2, -0.15) is 16.9 Å². The maximum atomic E-state index is 12.0. The molecule has 1 rings (SSSR count). The van der Waals surface area contributed by atoms with E-state index < -0.39 is 21.7 Å². The summed E-state index contributed by atoms with van der Waals surface area (Å²) in [4.78, 5) is 10.6. The van der Waals surface area contributed by atoms with Gasteiger partial charge in [0, 0.05) is 11.8 Å². The Labute approximate surface area is 109 Å². The first-order valence-electron chi connectivity index (χ1n) is 5.10. The molecule has 102 valence electrons. The van der Waals surface area contributed by atoms with Gasteiger partial charge >= 0.3 is 5.97 Å². The number of nitrogens with one attached hydrogen (secondary N) is 2. The van der Waals surface area contributed by atoms with Crippen LogP contribution in [0, 0.1) is 6.92 Å². The van der Waals surface area contributed by atoms with Crippen molar-refractivity contribution in [3.8, 4) is 0 Å². The number of carboxylic acids is 1. The smallest absolute Gasteiger partial charge is 0.357 e. The fraction of sp³-hybridized carbons (Fsp3) is 0.556. The molecule has 0 amide bonds. The van der Waals surface area contributed by atoms with Crippen LogP contribution in [0.25, 0.3) is 0 Å². The fourth-order valence-electron chi connectivity index (χ4n) is 1.28. The van der Waals surface area contributed by atoms with Crippen LogP contribution in [0.4, 0.5) is 0 Å². The van der Waals surface area contributed by atoms with Gasteiger partial charge in [0.2, 0.25) is 10.0 Å². The number of H-pyrrole nitrogens is 1. The summed E-state index contributed by atoms with van der Waals surface area (Å²) in [6.45, 7) is 3.56. The number of aromatic nitrogens is 2. The molecule has 1 aromatic heterocycles. The van der Waals surface area contributed by atoms with Crippen molar-refractivity contribution in [2.75, 3.05) is 12.8 Å². The van der Waals surface area contributed by atoms with Crippen LogP contribution in [-0.2, 0) is 10.0 Å². The third-order valence-corrected chi connectivity index (χ3v) is 4.88. The summed E-state index contributed by atoms with van der Waals surface area (Å²) in [7, 11) is -3.87. The number of hydrogen-bond donors (Lipinski definition) is 3. The van der Waals surface area contributed by atoms with Gasteiger partial charge in [-0.05, 0) is 13.2 Å². The van der Waals surface area contributed by atoms with E-state index in [4.69, 9.17) is 5.11 Å². The topological polar surface area (TPSA) is 112 Å². The van der Waals surface area contributed by atoms with Gasteiger partial charge < -0.3 is 5.11 Å². The largest absolute Gasteiger partial charge is 0.476 e. The zero-order valence-electron chi connectivity index (χ0n) is 10.2. The summed E-state index contributed by atoms with van der Waals surface area (Å²) in [5.41, 5.74) is -0.284. The highest BCUT2D eigenvalue weighted by molar-refractivity contribution is 7.99. The number of carboxylic acid groups (broad SMARTS) is 1. The molecule has 3 N–H and O–H groups in total. The molecule has 0 aliphatic carbocycles. The van der Waals surface area contributed by atoms with Crippen molar-refractivity contribution in [1.82, 2.24) is 14.9 Å². The summed E-state index contributed by atoms with van der Waals surface area (Å²) >= 11 is 1.51. The van der Waals surface area contributed by atoms with Gasteiger partial charge in [0.15, 0.2) is 5.69 Å². The summed E-state index contributed by atoms with van der Waals surface area (Å²) in [6.07, 6.45) is 1.87. The van der Waals surface area contributed by atoms with E-state index in [2.05, 4.69) is 14.9 Å². The molecule has 0 aromatic carbocycles. The van der Waals surface area contributed by atoms with Crippen molar-refractivity contribution in [2.45, 2.75) is 24.0 Å². The maximum Gasteiger partial charge on any atom is 0.357 e. The molecular formula is C9H15N3O4S2. The predicted molar refractivity (Wildman–Crippen MR) is 68.4 cm³/mol. The average Bonchev–Trinajstić information content (AvgIpc) is 2.69. The lowest BCUT2D eigenvalue weighted by molar-refractivity contribution is 0.0686. The van der Waals surface area contributed by atoms with Gasteiger partial charge in [0.05, 0.1) is 5.69 Å². The van der Waals surface area contributed by atoms with Crippen LogP contribution in [0.1, 0.15) is 23.1 Å². The van der Waals surface area contributed by atoms with E-state index in [-0.39, 0.29) is 22.4 Å². The second-order valence-electron chi connectivity index (χ2n) is 3.73. The molecule has 0 radical (unpaired) electrons. The minimum atomic E-state index is -3.87. The number of thioether (sulfide) groups is 1. The minimum Gasteiger partial charge on any atom is -0.476 e. The predicted octanol–water partition coefficient (Wildman–Crippen LogP) is 0.446. The average molecular weight is 293 g/mol. The Kier molecular flexibility index (Phi) is 4.77. The monoisotopic (exact) mass is 293 g/mol. The molecule has 0 saturated heterocycles. The first-order chi connectivity index (χ1) is 8.29. The SMILES string of the molecule is CSC(C)CNS(=O)(=O)c1c(C(=O)O)n[nH]c1C. The van der Waals surface area contributed by atoms with E-state index >= 15 is 0 Å². The molecule has 0 aliphatic rings. The third-order valence-electron chi connectivity index (χ3n) is 2.33. The first kappa shape index (κ1) is 15.0. The van der Waals surface area contributed by atoms with E-state index in [9.17, 15) is 13.2 Å². The van der Waals surface area contributed by atoms with E-state index in [1.165, 1.54) is 18.7 Å². The summed E-state index contributed by atoms with van der Waals surface area (Å²) in [5, 5.41) is 14.8. The number of aromatic amines is 1. The highest BCUT2D eigenvalue weighted by Crippen LogP contribution is 2.17. The number of rotatable bonds is 6. The van der Waals surface area contributed by atoms with Gasteiger partial charge in [-0.25, -0.2) is 17.9 Å². The van der Waals surface area contributed by atoms with Crippen LogP contribution in [0.3, 0.4) is 0 Å². The number of aromatic carboxylic acids is 1. The highest BCUT2D eigenvalue weighted by atomic mass is 32.2. The number of nitrogens with zero attached hydrogens (tertiary/aromatic N) is 1. The fourth-order valence-corrected chi connectivity index (χ4v) is 3.08. The van der Waals surface area contributed by atoms with E-state index in [1.807, 2.05) is 13.2 Å². The Morgan fingerprint density at radius 3 is 2.72 bits per heavy atom. The van der Waals surface area contributed by atoms with E-state index in [0.29, 0.717) is 0 Å². The number of carbonyl (C=O) groups is 1. The van der Waals surface area contributed by atoms with Crippen molar-refractivity contribution >= 4 is 27.8 Å². The number of aryl methyl sites for hydroxylation is 1. The Hall–Kier alpha value is -1.06. The molecule has 0 spiro atoms. The maximum absolute atomic E-state index is 12.0. The number of hydrogen-bond acceptors (Lipinski definition) is 5. The molecular weight excluding hydrogens is 278 g/mol. The zero-order chi connectivity index (χ0) is 13.9. The highest BCUT2D eigenvalue weighted by Gasteiger charge is 2.28. The lowest BCUT2D eigenvalue weighted by Gasteiger charge is -2.10. The minimum absolute atomic E-state index is 0.0975. The van der Waals surface area contributed by atoms with Crippen LogP contribution in [-0.4, -0.2) is 47.7 Å². The Bertz CT molecular complexity index is 538. The van der Waals surface area contributed by atoms with Crippen molar-refractivity contribution in [2.24, 2.45) is 0 Å². The molecule has 7 nitrogen and oxygen atoms in total. The van der Waals surface area contributed by atoms with E-state index in [1.54, 1.807) is 0 Å². The quantitative estimate of drug-likeness (QED) is 0.702. The van der Waals surface area contributed by atoms with Crippen molar-refractivity contribution in [1.29, 1.82) is 0 Å². The van der Waals surface area contributed by atoms with Gasteiger partial charge in [0.25, 0.3) is 0 Å². The first-order valence-corrected chi connectivity index (χ1v) is 7.87. The van der Waals surface area contributed by atoms with Crippen molar-refractivity contribution in [3.63, 3.8) is 0 Å². The number of sulfonamides is 1. The Morgan fingerprint density at radius 1 is 1.61 bits per heavy atom. The Balaban J connectivity index is 3.05. The van der Waals surface area contributed by atoms with Gasteiger partial charge in [-0.15, -0.1) is 0 Å². The van der Waals surface area contributed by atoms with Crippen LogP contribution < -0.4 is 4.72 Å². The van der Waals surface area contributed by atoms with Gasteiger partial charge in [0.1, 0.15) is 4.90 Å². The molecule has 0 aliphatic heterocycles. The van der Waals surface area contributed by atoms with Crippen molar-refractivity contribution < 1.29 is 18.3 Å². The second kappa shape index (κ2) is 5.72. The third kappa shape index (κ3) is 3.24. The summed E-state index contributed by atoms with van der Waals surface area (Å²) in [6, 6.07) is 0. The van der Waals surface area contributed by atoms with Crippen LogP contribution in [0.2, 0.25) is 0 Å². The summed E-state index contributed by atoms with van der Waals surface area (Å²) in [5.74, 6) is -1.38. The molecule has 1 atom stereocenters. The normalized spacial score (nSPS) is 13.5. The zero-order valence-corrected chi connectivity index (χ0v) is 11.9.